The second kappa shape index (κ2) is 8.29. The quantitative estimate of drug-likeness (QED) is 0.450. The molecule has 64 valence electrons. The molecule has 0 saturated heterocycles. The molecule has 0 amide bonds. The maximum Gasteiger partial charge on any atom is 0.469 e. The third-order valence-electron chi connectivity index (χ3n) is 1.01. The Labute approximate surface area is 107 Å². The summed E-state index contributed by atoms with van der Waals surface area (Å²) < 4.78 is 14.3. The maximum absolute atomic E-state index is 10.1. The molecule has 4 nitrogen and oxygen atoms in total. The minimum atomic E-state index is -4.21. The van der Waals surface area contributed by atoms with Crippen molar-refractivity contribution in [2.45, 2.75) is 26.2 Å². The molecule has 0 aromatic heterocycles. The summed E-state index contributed by atoms with van der Waals surface area (Å²) in [6.07, 6.45) is 2.67. The molecule has 0 aliphatic rings. The molecule has 0 aliphatic carbocycles. The first-order valence-corrected chi connectivity index (χ1v) is 4.79. The zero-order valence-corrected chi connectivity index (χ0v) is 12.0. The van der Waals surface area contributed by atoms with E-state index in [1.165, 1.54) is 0 Å². The van der Waals surface area contributed by atoms with Crippen LogP contribution in [0.3, 0.4) is 0 Å². The number of phosphoric ester groups is 1. The predicted octanol–water partition coefficient (Wildman–Crippen LogP) is 0.905. The summed E-state index contributed by atoms with van der Waals surface area (Å²) in [6.45, 7) is 2.16. The summed E-state index contributed by atoms with van der Waals surface area (Å²) >= 11 is 0. The van der Waals surface area contributed by atoms with Crippen molar-refractivity contribution in [2.75, 3.05) is 6.61 Å². The maximum atomic E-state index is 10.1. The van der Waals surface area contributed by atoms with Crippen LogP contribution >= 0.6 is 7.82 Å². The second-order valence-electron chi connectivity index (χ2n) is 2.03. The van der Waals surface area contributed by atoms with Crippen LogP contribution in [0, 0.1) is 0 Å². The standard InChI is InChI=1S/C5H13O4P.Ba/c1-2-3-4-5-9-10(6,7)8;/h2-5H2,1H3,(H2,6,7,8);. The van der Waals surface area contributed by atoms with Crippen LogP contribution in [0.5, 0.6) is 0 Å². The molecule has 0 aromatic rings. The van der Waals surface area contributed by atoms with Crippen LogP contribution in [-0.2, 0) is 9.09 Å². The van der Waals surface area contributed by atoms with Crippen molar-refractivity contribution in [1.82, 2.24) is 0 Å². The minimum Gasteiger partial charge on any atom is -0.303 e. The summed E-state index contributed by atoms with van der Waals surface area (Å²) in [5.41, 5.74) is 0. The number of hydrogen-bond donors (Lipinski definition) is 2. The number of rotatable bonds is 5. The van der Waals surface area contributed by atoms with E-state index in [4.69, 9.17) is 9.79 Å². The number of unbranched alkanes of at least 4 members (excludes halogenated alkanes) is 2. The van der Waals surface area contributed by atoms with Gasteiger partial charge in [-0.3, -0.25) is 4.52 Å². The Bertz CT molecular complexity index is 124. The SMILES string of the molecule is CCCCCOP(=O)(O)O.[Ba]. The topological polar surface area (TPSA) is 66.8 Å². The van der Waals surface area contributed by atoms with Gasteiger partial charge in [0.1, 0.15) is 0 Å². The molecule has 2 radical (unpaired) electrons. The van der Waals surface area contributed by atoms with Gasteiger partial charge in [-0.2, -0.15) is 0 Å². The molecule has 0 fully saturated rings. The van der Waals surface area contributed by atoms with Crippen molar-refractivity contribution in [1.29, 1.82) is 0 Å². The molecule has 0 aromatic carbocycles. The molecule has 0 saturated carbocycles. The fourth-order valence-electron chi connectivity index (χ4n) is 0.536. The van der Waals surface area contributed by atoms with E-state index in [2.05, 4.69) is 4.52 Å². The smallest absolute Gasteiger partial charge is 0.303 e. The average molecular weight is 305 g/mol. The second-order valence-corrected chi connectivity index (χ2v) is 3.27. The Hall–Kier alpha value is 1.68. The van der Waals surface area contributed by atoms with Gasteiger partial charge in [-0.05, 0) is 6.42 Å². The third-order valence-corrected chi connectivity index (χ3v) is 1.53. The summed E-state index contributed by atoms with van der Waals surface area (Å²) in [4.78, 5) is 16.4. The van der Waals surface area contributed by atoms with Gasteiger partial charge in [0, 0.05) is 48.9 Å². The molecule has 2 N–H and O–H groups in total. The number of phosphoric acid groups is 1. The molecule has 0 atom stereocenters. The van der Waals surface area contributed by atoms with Crippen molar-refractivity contribution in [2.24, 2.45) is 0 Å². The van der Waals surface area contributed by atoms with Gasteiger partial charge < -0.3 is 9.79 Å². The van der Waals surface area contributed by atoms with Crippen molar-refractivity contribution in [3.8, 4) is 0 Å². The van der Waals surface area contributed by atoms with Crippen LogP contribution in [0.1, 0.15) is 26.2 Å². The molecule has 6 heteroatoms. The Morgan fingerprint density at radius 1 is 1.36 bits per heavy atom. The molecule has 0 unspecified atom stereocenters. The van der Waals surface area contributed by atoms with Gasteiger partial charge in [0.15, 0.2) is 0 Å². The van der Waals surface area contributed by atoms with Crippen LogP contribution in [0.2, 0.25) is 0 Å². The molecule has 0 spiro atoms. The van der Waals surface area contributed by atoms with E-state index >= 15 is 0 Å². The van der Waals surface area contributed by atoms with Gasteiger partial charge in [-0.15, -0.1) is 0 Å². The monoisotopic (exact) mass is 306 g/mol. The van der Waals surface area contributed by atoms with E-state index in [0.29, 0.717) is 6.42 Å². The Balaban J connectivity index is 0. The van der Waals surface area contributed by atoms with Crippen molar-refractivity contribution in [3.63, 3.8) is 0 Å². The van der Waals surface area contributed by atoms with Gasteiger partial charge in [0.05, 0.1) is 6.61 Å². The van der Waals surface area contributed by atoms with Gasteiger partial charge in [0.2, 0.25) is 0 Å². The third kappa shape index (κ3) is 14.5. The fraction of sp³-hybridized carbons (Fsp3) is 1.00. The van der Waals surface area contributed by atoms with E-state index in [1.807, 2.05) is 6.92 Å². The van der Waals surface area contributed by atoms with Crippen LogP contribution in [0.4, 0.5) is 0 Å². The Morgan fingerprint density at radius 3 is 2.27 bits per heavy atom. The fourth-order valence-corrected chi connectivity index (χ4v) is 0.902. The zero-order chi connectivity index (χ0) is 8.04. The van der Waals surface area contributed by atoms with E-state index in [-0.39, 0.29) is 55.5 Å². The van der Waals surface area contributed by atoms with E-state index < -0.39 is 7.82 Å². The van der Waals surface area contributed by atoms with Crippen LogP contribution in [-0.4, -0.2) is 65.3 Å². The van der Waals surface area contributed by atoms with E-state index in [1.54, 1.807) is 0 Å². The zero-order valence-electron chi connectivity index (χ0n) is 6.69. The molecule has 0 rings (SSSR count). The van der Waals surface area contributed by atoms with Gasteiger partial charge in [0.25, 0.3) is 0 Å². The Morgan fingerprint density at radius 2 is 1.91 bits per heavy atom. The molecular weight excluding hydrogens is 292 g/mol. The van der Waals surface area contributed by atoms with Gasteiger partial charge >= 0.3 is 7.82 Å². The predicted molar refractivity (Wildman–Crippen MR) is 43.3 cm³/mol. The first-order valence-electron chi connectivity index (χ1n) is 3.26. The molecule has 0 heterocycles. The molecule has 0 aliphatic heterocycles. The first kappa shape index (κ1) is 15.2. The first-order chi connectivity index (χ1) is 4.56. The normalized spacial score (nSPS) is 10.8. The summed E-state index contributed by atoms with van der Waals surface area (Å²) in [5.74, 6) is 0. The summed E-state index contributed by atoms with van der Waals surface area (Å²) in [7, 11) is -4.21. The molecule has 11 heavy (non-hydrogen) atoms. The Kier molecular flexibility index (Phi) is 11.4. The van der Waals surface area contributed by atoms with Crippen LogP contribution < -0.4 is 0 Å². The van der Waals surface area contributed by atoms with E-state index in [0.717, 1.165) is 12.8 Å². The van der Waals surface area contributed by atoms with Crippen LogP contribution in [0.15, 0.2) is 0 Å². The minimum absolute atomic E-state index is 0. The van der Waals surface area contributed by atoms with Crippen molar-refractivity contribution < 1.29 is 18.9 Å². The largest absolute Gasteiger partial charge is 0.469 e. The van der Waals surface area contributed by atoms with Gasteiger partial charge in [-0.1, -0.05) is 19.8 Å². The summed E-state index contributed by atoms with van der Waals surface area (Å²) in [6, 6.07) is 0. The molecule has 0 bridgehead atoms. The number of hydrogen-bond acceptors (Lipinski definition) is 2. The van der Waals surface area contributed by atoms with Crippen molar-refractivity contribution in [3.05, 3.63) is 0 Å². The van der Waals surface area contributed by atoms with Crippen molar-refractivity contribution >= 4 is 56.7 Å². The average Bonchev–Trinajstić information content (AvgIpc) is 1.78. The van der Waals surface area contributed by atoms with Crippen LogP contribution in [0.25, 0.3) is 0 Å². The van der Waals surface area contributed by atoms with Gasteiger partial charge in [-0.25, -0.2) is 4.57 Å². The molecular formula is C5H13BaO4P. The summed E-state index contributed by atoms with van der Waals surface area (Å²) in [5, 5.41) is 0. The van der Waals surface area contributed by atoms with E-state index in [9.17, 15) is 4.57 Å².